The number of benzene rings is 2. The van der Waals surface area contributed by atoms with Crippen LogP contribution in [0.25, 0.3) is 0 Å². The monoisotopic (exact) mass is 350 g/mol. The number of hydrogen-bond donors (Lipinski definition) is 4. The molecule has 0 fully saturated rings. The Hall–Kier alpha value is -3.79. The topological polar surface area (TPSA) is 114 Å². The van der Waals surface area contributed by atoms with Gasteiger partial charge in [0.2, 0.25) is 5.91 Å². The van der Waals surface area contributed by atoms with Crippen molar-refractivity contribution in [1.29, 1.82) is 5.26 Å². The minimum Gasteiger partial charge on any atom is -0.506 e. The van der Waals surface area contributed by atoms with Gasteiger partial charge in [-0.05, 0) is 48.9 Å². The van der Waals surface area contributed by atoms with Crippen LogP contribution in [0.5, 0.6) is 5.75 Å². The molecule has 26 heavy (non-hydrogen) atoms. The molecule has 2 rings (SSSR count). The number of anilines is 3. The average Bonchev–Trinajstić information content (AvgIpc) is 2.58. The minimum absolute atomic E-state index is 0.0208. The summed E-state index contributed by atoms with van der Waals surface area (Å²) in [7, 11) is 0. The first-order valence-corrected chi connectivity index (χ1v) is 7.74. The fraction of sp³-hybridized carbons (Fsp3) is 0.105. The van der Waals surface area contributed by atoms with Crippen molar-refractivity contribution in [1.82, 2.24) is 0 Å². The van der Waals surface area contributed by atoms with Crippen LogP contribution in [-0.2, 0) is 9.59 Å². The number of nitriles is 1. The molecule has 0 bridgehead atoms. The Morgan fingerprint density at radius 2 is 1.69 bits per heavy atom. The van der Waals surface area contributed by atoms with E-state index in [9.17, 15) is 20.0 Å². The van der Waals surface area contributed by atoms with Gasteiger partial charge in [0.15, 0.2) is 0 Å². The van der Waals surface area contributed by atoms with Crippen LogP contribution in [-0.4, -0.2) is 16.9 Å². The van der Waals surface area contributed by atoms with Gasteiger partial charge >= 0.3 is 0 Å². The minimum atomic E-state index is -0.598. The number of aromatic hydroxyl groups is 1. The predicted octanol–water partition coefficient (Wildman–Crippen LogP) is 3.12. The van der Waals surface area contributed by atoms with Gasteiger partial charge in [-0.3, -0.25) is 9.59 Å². The average molecular weight is 350 g/mol. The zero-order valence-electron chi connectivity index (χ0n) is 14.3. The zero-order valence-corrected chi connectivity index (χ0v) is 14.3. The second-order valence-corrected chi connectivity index (χ2v) is 5.55. The standard InChI is InChI=1S/C19H18N4O3/c1-12-3-8-17(18(25)9-12)21-11-14(10-20)19(26)23-16-6-4-15(5-7-16)22-13(2)24/h3-9,11,21,25H,1-2H3,(H,22,24)(H,23,26)/b14-11-. The number of carbonyl (C=O) groups is 2. The lowest BCUT2D eigenvalue weighted by molar-refractivity contribution is -0.114. The normalized spacial score (nSPS) is 10.6. The lowest BCUT2D eigenvalue weighted by Gasteiger charge is -2.08. The van der Waals surface area contributed by atoms with Crippen LogP contribution in [0.15, 0.2) is 54.2 Å². The molecule has 7 nitrogen and oxygen atoms in total. The molecule has 0 unspecified atom stereocenters. The summed E-state index contributed by atoms with van der Waals surface area (Å²) in [5.41, 5.74) is 2.19. The Kier molecular flexibility index (Phi) is 5.96. The zero-order chi connectivity index (χ0) is 19.1. The number of nitrogens with zero attached hydrogens (tertiary/aromatic N) is 1. The molecule has 4 N–H and O–H groups in total. The lowest BCUT2D eigenvalue weighted by Crippen LogP contribution is -2.14. The number of nitrogens with one attached hydrogen (secondary N) is 3. The summed E-state index contributed by atoms with van der Waals surface area (Å²) >= 11 is 0. The molecule has 2 amide bonds. The summed E-state index contributed by atoms with van der Waals surface area (Å²) in [6.07, 6.45) is 1.23. The van der Waals surface area contributed by atoms with Crippen LogP contribution < -0.4 is 16.0 Å². The Bertz CT molecular complexity index is 896. The first-order chi connectivity index (χ1) is 12.4. The SMILES string of the molecule is CC(=O)Nc1ccc(NC(=O)/C(C#N)=C\Nc2ccc(C)cc2O)cc1. The molecule has 7 heteroatoms. The maximum Gasteiger partial charge on any atom is 0.267 e. The molecule has 0 radical (unpaired) electrons. The third-order valence-electron chi connectivity index (χ3n) is 3.35. The van der Waals surface area contributed by atoms with E-state index in [0.717, 1.165) is 5.56 Å². The summed E-state index contributed by atoms with van der Waals surface area (Å²) in [6, 6.07) is 13.3. The van der Waals surface area contributed by atoms with Crippen LogP contribution in [0, 0.1) is 18.3 Å². The first kappa shape index (κ1) is 18.5. The molecule has 0 saturated heterocycles. The predicted molar refractivity (Wildman–Crippen MR) is 99.5 cm³/mol. The van der Waals surface area contributed by atoms with Crippen molar-refractivity contribution < 1.29 is 14.7 Å². The highest BCUT2D eigenvalue weighted by Gasteiger charge is 2.10. The van der Waals surface area contributed by atoms with E-state index in [1.165, 1.54) is 13.1 Å². The summed E-state index contributed by atoms with van der Waals surface area (Å²) in [4.78, 5) is 23.2. The van der Waals surface area contributed by atoms with Crippen molar-refractivity contribution >= 4 is 28.9 Å². The van der Waals surface area contributed by atoms with Gasteiger partial charge in [-0.2, -0.15) is 5.26 Å². The van der Waals surface area contributed by atoms with E-state index >= 15 is 0 Å². The molecular formula is C19H18N4O3. The first-order valence-electron chi connectivity index (χ1n) is 7.74. The Balaban J connectivity index is 2.06. The van der Waals surface area contributed by atoms with Crippen LogP contribution >= 0.6 is 0 Å². The van der Waals surface area contributed by atoms with Gasteiger partial charge in [-0.1, -0.05) is 6.07 Å². The van der Waals surface area contributed by atoms with E-state index < -0.39 is 5.91 Å². The van der Waals surface area contributed by atoms with Crippen LogP contribution in [0.1, 0.15) is 12.5 Å². The van der Waals surface area contributed by atoms with E-state index in [1.54, 1.807) is 42.5 Å². The Morgan fingerprint density at radius 3 is 2.23 bits per heavy atom. The van der Waals surface area contributed by atoms with Crippen LogP contribution in [0.4, 0.5) is 17.1 Å². The molecule has 0 aliphatic carbocycles. The largest absolute Gasteiger partial charge is 0.506 e. The second kappa shape index (κ2) is 8.35. The quantitative estimate of drug-likeness (QED) is 0.376. The molecule has 0 heterocycles. The molecule has 2 aromatic carbocycles. The number of carbonyl (C=O) groups excluding carboxylic acids is 2. The van der Waals surface area contributed by atoms with Gasteiger partial charge in [-0.15, -0.1) is 0 Å². The molecule has 0 saturated carbocycles. The molecule has 0 aliphatic heterocycles. The number of phenolic OH excluding ortho intramolecular Hbond substituents is 1. The van der Waals surface area contributed by atoms with Crippen molar-refractivity contribution in [2.45, 2.75) is 13.8 Å². The second-order valence-electron chi connectivity index (χ2n) is 5.55. The highest BCUT2D eigenvalue weighted by atomic mass is 16.3. The number of hydrogen-bond acceptors (Lipinski definition) is 5. The summed E-state index contributed by atoms with van der Waals surface area (Å²) in [5.74, 6) is -0.770. The van der Waals surface area contributed by atoms with E-state index in [0.29, 0.717) is 17.1 Å². The molecule has 132 valence electrons. The summed E-state index contributed by atoms with van der Waals surface area (Å²) in [5, 5.41) is 27.0. The summed E-state index contributed by atoms with van der Waals surface area (Å²) in [6.45, 7) is 3.24. The number of aryl methyl sites for hydroxylation is 1. The maximum atomic E-state index is 12.2. The smallest absolute Gasteiger partial charge is 0.267 e. The van der Waals surface area contributed by atoms with E-state index in [4.69, 9.17) is 0 Å². The number of amides is 2. The highest BCUT2D eigenvalue weighted by molar-refractivity contribution is 6.06. The molecule has 0 aromatic heterocycles. The fourth-order valence-electron chi connectivity index (χ4n) is 2.10. The van der Waals surface area contributed by atoms with E-state index in [2.05, 4.69) is 16.0 Å². The van der Waals surface area contributed by atoms with Crippen molar-refractivity contribution in [2.24, 2.45) is 0 Å². The van der Waals surface area contributed by atoms with Gasteiger partial charge in [0, 0.05) is 24.5 Å². The van der Waals surface area contributed by atoms with Gasteiger partial charge in [-0.25, -0.2) is 0 Å². The third-order valence-corrected chi connectivity index (χ3v) is 3.35. The molecule has 0 atom stereocenters. The number of phenols is 1. The molecule has 0 spiro atoms. The van der Waals surface area contributed by atoms with Gasteiger partial charge < -0.3 is 21.1 Å². The van der Waals surface area contributed by atoms with Crippen molar-refractivity contribution in [3.63, 3.8) is 0 Å². The van der Waals surface area contributed by atoms with Crippen LogP contribution in [0.2, 0.25) is 0 Å². The van der Waals surface area contributed by atoms with Crippen molar-refractivity contribution in [3.8, 4) is 11.8 Å². The van der Waals surface area contributed by atoms with Gasteiger partial charge in [0.05, 0.1) is 5.69 Å². The van der Waals surface area contributed by atoms with Gasteiger partial charge in [0.25, 0.3) is 5.91 Å². The fourth-order valence-corrected chi connectivity index (χ4v) is 2.10. The lowest BCUT2D eigenvalue weighted by atomic mass is 10.2. The van der Waals surface area contributed by atoms with E-state index in [-0.39, 0.29) is 17.2 Å². The molecule has 0 aliphatic rings. The Labute approximate surface area is 151 Å². The van der Waals surface area contributed by atoms with Crippen molar-refractivity contribution in [2.75, 3.05) is 16.0 Å². The maximum absolute atomic E-state index is 12.2. The van der Waals surface area contributed by atoms with Crippen LogP contribution in [0.3, 0.4) is 0 Å². The van der Waals surface area contributed by atoms with E-state index in [1.807, 2.05) is 13.0 Å². The number of rotatable bonds is 5. The summed E-state index contributed by atoms with van der Waals surface area (Å²) < 4.78 is 0. The third kappa shape index (κ3) is 5.11. The van der Waals surface area contributed by atoms with Crippen molar-refractivity contribution in [3.05, 3.63) is 59.8 Å². The highest BCUT2D eigenvalue weighted by Crippen LogP contribution is 2.24. The molecule has 2 aromatic rings. The van der Waals surface area contributed by atoms with Gasteiger partial charge in [0.1, 0.15) is 17.4 Å². The molecular weight excluding hydrogens is 332 g/mol. The Morgan fingerprint density at radius 1 is 1.08 bits per heavy atom.